The van der Waals surface area contributed by atoms with Crippen LogP contribution in [-0.4, -0.2) is 15.1 Å². The summed E-state index contributed by atoms with van der Waals surface area (Å²) in [5.74, 6) is 0.199. The summed E-state index contributed by atoms with van der Waals surface area (Å²) < 4.78 is 0. The van der Waals surface area contributed by atoms with Crippen molar-refractivity contribution in [2.45, 2.75) is 0 Å². The molecule has 0 heterocycles. The summed E-state index contributed by atoms with van der Waals surface area (Å²) in [6, 6.07) is 16.7. The van der Waals surface area contributed by atoms with Crippen molar-refractivity contribution < 1.29 is 10.0 Å². The second-order valence-corrected chi connectivity index (χ2v) is 5.47. The van der Waals surface area contributed by atoms with Crippen LogP contribution in [-0.2, 0) is 0 Å². The summed E-state index contributed by atoms with van der Waals surface area (Å²) >= 11 is 5.28. The molecule has 0 saturated carbocycles. The number of nitro groups is 1. The number of fused-ring (bicyclic) bond motifs is 1. The molecule has 0 spiro atoms. The molecule has 7 heteroatoms. The molecule has 120 valence electrons. The molecule has 0 amide bonds. The number of aromatic hydroxyl groups is 1. The predicted octanol–water partition coefficient (Wildman–Crippen LogP) is 4.26. The maximum atomic E-state index is 10.7. The summed E-state index contributed by atoms with van der Waals surface area (Å²) in [5, 5.41) is 28.5. The van der Waals surface area contributed by atoms with Crippen molar-refractivity contribution in [3.05, 3.63) is 70.8 Å². The van der Waals surface area contributed by atoms with E-state index >= 15 is 0 Å². The van der Waals surface area contributed by atoms with Crippen LogP contribution < -0.4 is 10.6 Å². The number of non-ortho nitro benzene ring substituents is 1. The van der Waals surface area contributed by atoms with Crippen LogP contribution in [0.3, 0.4) is 0 Å². The molecule has 0 unspecified atom stereocenters. The zero-order chi connectivity index (χ0) is 17.1. The molecule has 3 N–H and O–H groups in total. The number of phenolic OH excluding ortho intramolecular Hbond substituents is 1. The van der Waals surface area contributed by atoms with Gasteiger partial charge in [-0.1, -0.05) is 24.3 Å². The number of hydrogen-bond acceptors (Lipinski definition) is 4. The number of nitrogens with zero attached hydrogens (tertiary/aromatic N) is 1. The van der Waals surface area contributed by atoms with Gasteiger partial charge in [0.1, 0.15) is 5.75 Å². The lowest BCUT2D eigenvalue weighted by Gasteiger charge is -2.13. The monoisotopic (exact) mass is 339 g/mol. The molecule has 0 aliphatic heterocycles. The highest BCUT2D eigenvalue weighted by atomic mass is 32.1. The van der Waals surface area contributed by atoms with Crippen molar-refractivity contribution in [2.24, 2.45) is 0 Å². The van der Waals surface area contributed by atoms with Gasteiger partial charge in [-0.15, -0.1) is 0 Å². The smallest absolute Gasteiger partial charge is 0.269 e. The highest BCUT2D eigenvalue weighted by Gasteiger charge is 2.07. The van der Waals surface area contributed by atoms with Crippen LogP contribution in [0, 0.1) is 10.1 Å². The van der Waals surface area contributed by atoms with Gasteiger partial charge >= 0.3 is 0 Å². The van der Waals surface area contributed by atoms with Crippen LogP contribution in [0.2, 0.25) is 0 Å². The molecular weight excluding hydrogens is 326 g/mol. The molecule has 0 aliphatic carbocycles. The molecule has 3 rings (SSSR count). The third kappa shape index (κ3) is 3.26. The highest BCUT2D eigenvalue weighted by molar-refractivity contribution is 7.80. The van der Waals surface area contributed by atoms with Gasteiger partial charge < -0.3 is 15.7 Å². The molecular formula is C17H13N3O3S. The zero-order valence-corrected chi connectivity index (χ0v) is 13.2. The number of benzene rings is 3. The first-order valence-corrected chi connectivity index (χ1v) is 7.48. The number of nitrogens with one attached hydrogen (secondary N) is 2. The third-order valence-corrected chi connectivity index (χ3v) is 3.69. The molecule has 0 aliphatic rings. The first-order valence-electron chi connectivity index (χ1n) is 7.08. The van der Waals surface area contributed by atoms with Crippen molar-refractivity contribution in [3.63, 3.8) is 0 Å². The van der Waals surface area contributed by atoms with E-state index in [1.54, 1.807) is 24.3 Å². The Kier molecular flexibility index (Phi) is 4.26. The second-order valence-electron chi connectivity index (χ2n) is 5.06. The fourth-order valence-electron chi connectivity index (χ4n) is 2.35. The van der Waals surface area contributed by atoms with Gasteiger partial charge in [0.05, 0.1) is 4.92 Å². The van der Waals surface area contributed by atoms with E-state index in [2.05, 4.69) is 10.6 Å². The summed E-state index contributed by atoms with van der Waals surface area (Å²) in [5.41, 5.74) is 1.41. The van der Waals surface area contributed by atoms with Gasteiger partial charge in [0, 0.05) is 34.3 Å². The largest absolute Gasteiger partial charge is 0.507 e. The maximum Gasteiger partial charge on any atom is 0.269 e. The van der Waals surface area contributed by atoms with E-state index in [1.807, 2.05) is 24.3 Å². The minimum Gasteiger partial charge on any atom is -0.507 e. The standard InChI is InChI=1S/C17H13N3O3S/c21-16-6-2-3-13-14(16)4-1-5-15(13)19-17(24)18-11-7-9-12(10-8-11)20(22)23/h1-10,21H,(H2,18,19,24). The molecule has 0 fully saturated rings. The Morgan fingerprint density at radius 3 is 2.33 bits per heavy atom. The van der Waals surface area contributed by atoms with Crippen LogP contribution in [0.1, 0.15) is 0 Å². The van der Waals surface area contributed by atoms with E-state index in [-0.39, 0.29) is 11.4 Å². The fourth-order valence-corrected chi connectivity index (χ4v) is 2.58. The topological polar surface area (TPSA) is 87.4 Å². The Hall–Kier alpha value is -3.19. The van der Waals surface area contributed by atoms with E-state index in [0.717, 1.165) is 16.5 Å². The number of hydrogen-bond donors (Lipinski definition) is 3. The lowest BCUT2D eigenvalue weighted by Crippen LogP contribution is -2.19. The van der Waals surface area contributed by atoms with Gasteiger partial charge in [-0.3, -0.25) is 10.1 Å². The number of anilines is 2. The number of thiocarbonyl (C=S) groups is 1. The molecule has 0 atom stereocenters. The Morgan fingerprint density at radius 1 is 0.958 bits per heavy atom. The van der Waals surface area contributed by atoms with Crippen LogP contribution in [0.4, 0.5) is 17.1 Å². The summed E-state index contributed by atoms with van der Waals surface area (Å²) in [4.78, 5) is 10.2. The van der Waals surface area contributed by atoms with Crippen molar-refractivity contribution in [2.75, 3.05) is 10.6 Å². The Morgan fingerprint density at radius 2 is 1.62 bits per heavy atom. The van der Waals surface area contributed by atoms with E-state index < -0.39 is 4.92 Å². The molecule has 0 radical (unpaired) electrons. The van der Waals surface area contributed by atoms with Crippen molar-refractivity contribution in [1.82, 2.24) is 0 Å². The van der Waals surface area contributed by atoms with Gasteiger partial charge in [0.15, 0.2) is 5.11 Å². The predicted molar refractivity (Wildman–Crippen MR) is 98.6 cm³/mol. The third-order valence-electron chi connectivity index (χ3n) is 3.48. The average molecular weight is 339 g/mol. The molecule has 0 aromatic heterocycles. The molecule has 6 nitrogen and oxygen atoms in total. The first-order chi connectivity index (χ1) is 11.5. The number of nitro benzene ring substituents is 1. The summed E-state index contributed by atoms with van der Waals surface area (Å²) in [6.07, 6.45) is 0. The minimum absolute atomic E-state index is 0.0176. The molecule has 3 aromatic rings. The van der Waals surface area contributed by atoms with E-state index in [1.165, 1.54) is 12.1 Å². The van der Waals surface area contributed by atoms with Gasteiger partial charge in [-0.25, -0.2) is 0 Å². The lowest BCUT2D eigenvalue weighted by atomic mass is 10.1. The van der Waals surface area contributed by atoms with Crippen molar-refractivity contribution in [1.29, 1.82) is 0 Å². The molecule has 24 heavy (non-hydrogen) atoms. The van der Waals surface area contributed by atoms with Gasteiger partial charge in [-0.05, 0) is 36.5 Å². The quantitative estimate of drug-likeness (QED) is 0.375. The van der Waals surface area contributed by atoms with Gasteiger partial charge in [-0.2, -0.15) is 0 Å². The Bertz CT molecular complexity index is 926. The van der Waals surface area contributed by atoms with E-state index in [9.17, 15) is 15.2 Å². The molecule has 0 bridgehead atoms. The van der Waals surface area contributed by atoms with Gasteiger partial charge in [0.2, 0.25) is 0 Å². The van der Waals surface area contributed by atoms with Gasteiger partial charge in [0.25, 0.3) is 5.69 Å². The first kappa shape index (κ1) is 15.7. The van der Waals surface area contributed by atoms with E-state index in [4.69, 9.17) is 12.2 Å². The fraction of sp³-hybridized carbons (Fsp3) is 0. The molecule has 0 saturated heterocycles. The lowest BCUT2D eigenvalue weighted by molar-refractivity contribution is -0.384. The van der Waals surface area contributed by atoms with Crippen LogP contribution in [0.5, 0.6) is 5.75 Å². The van der Waals surface area contributed by atoms with Crippen LogP contribution >= 0.6 is 12.2 Å². The van der Waals surface area contributed by atoms with Crippen molar-refractivity contribution >= 4 is 45.2 Å². The Balaban J connectivity index is 1.78. The van der Waals surface area contributed by atoms with Crippen LogP contribution in [0.15, 0.2) is 60.7 Å². The minimum atomic E-state index is -0.455. The highest BCUT2D eigenvalue weighted by Crippen LogP contribution is 2.29. The normalized spacial score (nSPS) is 10.3. The maximum absolute atomic E-state index is 10.7. The second kappa shape index (κ2) is 6.51. The SMILES string of the molecule is O=[N+]([O-])c1ccc(NC(=S)Nc2cccc3c(O)cccc23)cc1. The van der Waals surface area contributed by atoms with Crippen molar-refractivity contribution in [3.8, 4) is 5.75 Å². The number of phenols is 1. The van der Waals surface area contributed by atoms with E-state index in [0.29, 0.717) is 10.8 Å². The summed E-state index contributed by atoms with van der Waals surface area (Å²) in [6.45, 7) is 0. The number of rotatable bonds is 3. The molecule has 3 aromatic carbocycles. The average Bonchev–Trinajstić information content (AvgIpc) is 2.56. The zero-order valence-electron chi connectivity index (χ0n) is 12.4. The summed E-state index contributed by atoms with van der Waals surface area (Å²) in [7, 11) is 0. The van der Waals surface area contributed by atoms with Crippen LogP contribution in [0.25, 0.3) is 10.8 Å². The Labute approximate surface area is 142 Å².